The Morgan fingerprint density at radius 3 is 2.30 bits per heavy atom. The summed E-state index contributed by atoms with van der Waals surface area (Å²) in [5, 5.41) is 0. The monoisotopic (exact) mass is 659 g/mol. The Bertz CT molecular complexity index is 920. The van der Waals surface area contributed by atoms with E-state index in [2.05, 4.69) is 58.6 Å². The molecule has 0 heterocycles. The average Bonchev–Trinajstić information content (AvgIpc) is 3.40. The van der Waals surface area contributed by atoms with E-state index in [-0.39, 0.29) is 11.0 Å². The lowest BCUT2D eigenvalue weighted by molar-refractivity contribution is -0.0741. The van der Waals surface area contributed by atoms with E-state index in [9.17, 15) is 0 Å². The van der Waals surface area contributed by atoms with Crippen molar-refractivity contribution in [3.05, 3.63) is 23.8 Å². The van der Waals surface area contributed by atoms with E-state index in [1.807, 2.05) is 0 Å². The Hall–Kier alpha value is -0.720. The van der Waals surface area contributed by atoms with Crippen molar-refractivity contribution >= 4 is 0 Å². The van der Waals surface area contributed by atoms with Crippen molar-refractivity contribution < 1.29 is 14.2 Å². The number of nitrogens with two attached hydrogens (primary N) is 2. The first-order valence-corrected chi connectivity index (χ1v) is 20.2. The Balaban J connectivity index is 0.00000294. The lowest BCUT2D eigenvalue weighted by Gasteiger charge is -2.63. The number of fused-ring (bicyclic) bond motifs is 5. The highest BCUT2D eigenvalue weighted by Gasteiger charge is 2.63. The number of hydrogen-bond acceptors (Lipinski definition) is 5. The quantitative estimate of drug-likeness (QED) is 0.0948. The third-order valence-electron chi connectivity index (χ3n) is 13.0. The van der Waals surface area contributed by atoms with Gasteiger partial charge in [-0.25, -0.2) is 0 Å². The van der Waals surface area contributed by atoms with Crippen molar-refractivity contribution in [3.8, 4) is 0 Å². The van der Waals surface area contributed by atoms with E-state index in [0.29, 0.717) is 23.4 Å². The highest BCUT2D eigenvalue weighted by atomic mass is 16.5. The number of unbranched alkanes of at least 4 members (excludes halogenated alkanes) is 5. The predicted molar refractivity (Wildman–Crippen MR) is 201 cm³/mol. The highest BCUT2D eigenvalue weighted by Crippen LogP contribution is 2.67. The van der Waals surface area contributed by atoms with Crippen molar-refractivity contribution in [1.82, 2.24) is 0 Å². The summed E-state index contributed by atoms with van der Waals surface area (Å²) in [5.41, 5.74) is 14.6. The molecule has 4 rings (SSSR count). The lowest BCUT2D eigenvalue weighted by Crippen LogP contribution is -2.66. The molecule has 4 N–H and O–H groups in total. The summed E-state index contributed by atoms with van der Waals surface area (Å²) in [5.74, 6) is 3.07. The Labute approximate surface area is 291 Å². The maximum atomic E-state index is 7.63. The van der Waals surface area contributed by atoms with Crippen LogP contribution in [-0.2, 0) is 14.2 Å². The molecule has 0 amide bonds. The van der Waals surface area contributed by atoms with Crippen LogP contribution in [0.5, 0.6) is 0 Å². The summed E-state index contributed by atoms with van der Waals surface area (Å²) >= 11 is 0. The van der Waals surface area contributed by atoms with E-state index >= 15 is 0 Å². The zero-order valence-corrected chi connectivity index (χ0v) is 32.0. The second-order valence-electron chi connectivity index (χ2n) is 16.5. The van der Waals surface area contributed by atoms with Crippen molar-refractivity contribution in [2.75, 3.05) is 40.1 Å². The SMILES string of the molecule is CC/C=C\COCCCOCCCCCCCOC1CCC2(C)C(=CCC3(N)C2CCC2(C)C(CCCCC(C)C)CCC23)C1.CN. The standard InChI is InChI=1S/C41H73NO3.CH5N/c1-6-7-13-27-43-29-16-30-44-28-14-9-8-10-15-31-45-36-22-24-40(5)35(32-36)21-26-41(42)37-20-19-34(18-12-11-17-33(2)3)39(37,4)25-23-38(40)41;1-2/h7,13,21,33-34,36-38H,6,8-12,14-20,22-32,42H2,1-5H3;2H2,1H3/b13-7-;. The molecular weight excluding hydrogens is 580 g/mol. The van der Waals surface area contributed by atoms with Crippen molar-refractivity contribution in [1.29, 1.82) is 0 Å². The smallest absolute Gasteiger partial charge is 0.0647 e. The van der Waals surface area contributed by atoms with Crippen molar-refractivity contribution in [3.63, 3.8) is 0 Å². The summed E-state index contributed by atoms with van der Waals surface area (Å²) < 4.78 is 17.8. The molecule has 0 aromatic heterocycles. The molecule has 47 heavy (non-hydrogen) atoms. The van der Waals surface area contributed by atoms with Crippen LogP contribution in [0, 0.1) is 34.5 Å². The lowest BCUT2D eigenvalue weighted by atomic mass is 9.44. The summed E-state index contributed by atoms with van der Waals surface area (Å²) in [6.45, 7) is 16.2. The zero-order chi connectivity index (χ0) is 34.2. The van der Waals surface area contributed by atoms with Crippen LogP contribution >= 0.6 is 0 Å². The number of rotatable bonds is 21. The molecule has 3 saturated carbocycles. The van der Waals surface area contributed by atoms with E-state index in [1.165, 1.54) is 103 Å². The minimum atomic E-state index is -0.00319. The van der Waals surface area contributed by atoms with Gasteiger partial charge in [0.05, 0.1) is 12.7 Å². The molecule has 0 saturated heterocycles. The molecule has 4 aliphatic carbocycles. The highest BCUT2D eigenvalue weighted by molar-refractivity contribution is 5.30. The normalized spacial score (nSPS) is 33.3. The molecule has 3 fully saturated rings. The molecular formula is C42H78N2O3. The van der Waals surface area contributed by atoms with Gasteiger partial charge in [0.25, 0.3) is 0 Å². The van der Waals surface area contributed by atoms with Gasteiger partial charge in [0.2, 0.25) is 0 Å². The molecule has 0 radical (unpaired) electrons. The number of allylic oxidation sites excluding steroid dienone is 1. The summed E-state index contributed by atoms with van der Waals surface area (Å²) in [7, 11) is 1.50. The first-order chi connectivity index (χ1) is 22.7. The van der Waals surface area contributed by atoms with E-state index < -0.39 is 0 Å². The molecule has 5 heteroatoms. The molecule has 5 nitrogen and oxygen atoms in total. The van der Waals surface area contributed by atoms with Gasteiger partial charge in [-0.05, 0) is 125 Å². The fraction of sp³-hybridized carbons (Fsp3) is 0.905. The second kappa shape index (κ2) is 20.8. The van der Waals surface area contributed by atoms with Crippen molar-refractivity contribution in [2.24, 2.45) is 46.0 Å². The minimum Gasteiger partial charge on any atom is -0.381 e. The van der Waals surface area contributed by atoms with Crippen LogP contribution in [0.25, 0.3) is 0 Å². The van der Waals surface area contributed by atoms with Gasteiger partial charge in [-0.3, -0.25) is 0 Å². The van der Waals surface area contributed by atoms with E-state index in [0.717, 1.165) is 70.6 Å². The van der Waals surface area contributed by atoms with Gasteiger partial charge in [0.1, 0.15) is 0 Å². The molecule has 4 aliphatic rings. The Morgan fingerprint density at radius 1 is 0.809 bits per heavy atom. The van der Waals surface area contributed by atoms with E-state index in [4.69, 9.17) is 19.9 Å². The number of ether oxygens (including phenoxy) is 3. The molecule has 0 spiro atoms. The van der Waals surface area contributed by atoms with Crippen LogP contribution < -0.4 is 11.5 Å². The molecule has 7 unspecified atom stereocenters. The molecule has 7 atom stereocenters. The summed E-state index contributed by atoms with van der Waals surface area (Å²) in [4.78, 5) is 0. The van der Waals surface area contributed by atoms with Crippen LogP contribution in [0.3, 0.4) is 0 Å². The summed E-state index contributed by atoms with van der Waals surface area (Å²) in [6, 6.07) is 0. The third-order valence-corrected chi connectivity index (χ3v) is 13.0. The molecule has 0 aromatic rings. The minimum absolute atomic E-state index is 0.00319. The van der Waals surface area contributed by atoms with Crippen LogP contribution in [0.1, 0.15) is 157 Å². The topological polar surface area (TPSA) is 79.7 Å². The van der Waals surface area contributed by atoms with Gasteiger partial charge >= 0.3 is 0 Å². The average molecular weight is 659 g/mol. The van der Waals surface area contributed by atoms with E-state index in [1.54, 1.807) is 5.57 Å². The number of hydrogen-bond donors (Lipinski definition) is 2. The Kier molecular flexibility index (Phi) is 18.0. The summed E-state index contributed by atoms with van der Waals surface area (Å²) in [6.07, 6.45) is 31.4. The Morgan fingerprint density at radius 2 is 1.53 bits per heavy atom. The van der Waals surface area contributed by atoms with Gasteiger partial charge in [0, 0.05) is 32.0 Å². The van der Waals surface area contributed by atoms with Gasteiger partial charge in [-0.2, -0.15) is 0 Å². The zero-order valence-electron chi connectivity index (χ0n) is 32.0. The van der Waals surface area contributed by atoms with Gasteiger partial charge < -0.3 is 25.7 Å². The third kappa shape index (κ3) is 11.1. The fourth-order valence-electron chi connectivity index (χ4n) is 10.3. The fourth-order valence-corrected chi connectivity index (χ4v) is 10.3. The predicted octanol–water partition coefficient (Wildman–Crippen LogP) is 10.2. The van der Waals surface area contributed by atoms with Crippen LogP contribution in [-0.4, -0.2) is 51.7 Å². The maximum Gasteiger partial charge on any atom is 0.0647 e. The maximum absolute atomic E-state index is 7.63. The van der Waals surface area contributed by atoms with Crippen molar-refractivity contribution in [2.45, 2.75) is 168 Å². The van der Waals surface area contributed by atoms with Gasteiger partial charge in [-0.15, -0.1) is 0 Å². The van der Waals surface area contributed by atoms with Crippen LogP contribution in [0.15, 0.2) is 23.8 Å². The van der Waals surface area contributed by atoms with Gasteiger partial charge in [0.15, 0.2) is 0 Å². The largest absolute Gasteiger partial charge is 0.381 e. The first kappa shape index (κ1) is 40.7. The second-order valence-corrected chi connectivity index (χ2v) is 16.5. The van der Waals surface area contributed by atoms with Crippen LogP contribution in [0.4, 0.5) is 0 Å². The molecule has 0 aromatic carbocycles. The first-order valence-electron chi connectivity index (χ1n) is 20.2. The molecule has 0 bridgehead atoms. The molecule has 274 valence electrons. The van der Waals surface area contributed by atoms with Crippen LogP contribution in [0.2, 0.25) is 0 Å². The van der Waals surface area contributed by atoms with Gasteiger partial charge in [-0.1, -0.05) is 96.9 Å². The molecule has 0 aliphatic heterocycles.